The summed E-state index contributed by atoms with van der Waals surface area (Å²) in [5.74, 6) is 0. The average molecular weight is 246 g/mol. The standard InChI is InChI=1S/C12H13F3O2/c1-17-11(12(13,14)15)9-4-2-3-8-7(9)5-6-10(8)16/h2-4,10-11,16H,5-6H2,1H3. The highest BCUT2D eigenvalue weighted by Gasteiger charge is 2.43. The SMILES string of the molecule is COC(c1cccc2c1CCC2O)C(F)(F)F. The summed E-state index contributed by atoms with van der Waals surface area (Å²) in [5.41, 5.74) is 1.28. The van der Waals surface area contributed by atoms with Gasteiger partial charge in [0.2, 0.25) is 0 Å². The summed E-state index contributed by atoms with van der Waals surface area (Å²) < 4.78 is 42.9. The second kappa shape index (κ2) is 4.31. The first kappa shape index (κ1) is 12.4. The highest BCUT2D eigenvalue weighted by atomic mass is 19.4. The van der Waals surface area contributed by atoms with Gasteiger partial charge in [-0.1, -0.05) is 18.2 Å². The molecule has 0 aromatic heterocycles. The molecule has 0 fully saturated rings. The van der Waals surface area contributed by atoms with E-state index in [0.29, 0.717) is 24.0 Å². The highest BCUT2D eigenvalue weighted by molar-refractivity contribution is 5.41. The van der Waals surface area contributed by atoms with Crippen molar-refractivity contribution >= 4 is 0 Å². The molecule has 1 aromatic carbocycles. The number of rotatable bonds is 2. The molecule has 17 heavy (non-hydrogen) atoms. The number of aliphatic hydroxyl groups excluding tert-OH is 1. The van der Waals surface area contributed by atoms with Gasteiger partial charge in [0, 0.05) is 7.11 Å². The molecule has 2 atom stereocenters. The van der Waals surface area contributed by atoms with E-state index in [-0.39, 0.29) is 5.56 Å². The molecule has 1 aromatic rings. The van der Waals surface area contributed by atoms with Crippen LogP contribution in [0.4, 0.5) is 13.2 Å². The lowest BCUT2D eigenvalue weighted by atomic mass is 9.98. The topological polar surface area (TPSA) is 29.5 Å². The predicted molar refractivity (Wildman–Crippen MR) is 55.5 cm³/mol. The molecule has 94 valence electrons. The summed E-state index contributed by atoms with van der Waals surface area (Å²) in [4.78, 5) is 0. The second-order valence-electron chi connectivity index (χ2n) is 4.13. The monoisotopic (exact) mass is 246 g/mol. The lowest BCUT2D eigenvalue weighted by Crippen LogP contribution is -2.23. The van der Waals surface area contributed by atoms with Gasteiger partial charge in [-0.2, -0.15) is 13.2 Å². The van der Waals surface area contributed by atoms with E-state index in [2.05, 4.69) is 4.74 Å². The van der Waals surface area contributed by atoms with E-state index >= 15 is 0 Å². The molecule has 1 N–H and O–H groups in total. The van der Waals surface area contributed by atoms with Gasteiger partial charge in [-0.25, -0.2) is 0 Å². The molecular weight excluding hydrogens is 233 g/mol. The average Bonchev–Trinajstić information content (AvgIpc) is 2.61. The minimum absolute atomic E-state index is 0.119. The van der Waals surface area contributed by atoms with E-state index in [1.807, 2.05) is 0 Å². The number of hydrogen-bond acceptors (Lipinski definition) is 2. The first-order valence-electron chi connectivity index (χ1n) is 5.34. The molecule has 0 aliphatic heterocycles. The largest absolute Gasteiger partial charge is 0.418 e. The van der Waals surface area contributed by atoms with Crippen molar-refractivity contribution in [2.45, 2.75) is 31.2 Å². The third-order valence-electron chi connectivity index (χ3n) is 3.09. The van der Waals surface area contributed by atoms with Crippen LogP contribution in [-0.4, -0.2) is 18.4 Å². The van der Waals surface area contributed by atoms with E-state index in [0.717, 1.165) is 7.11 Å². The third-order valence-corrected chi connectivity index (χ3v) is 3.09. The molecule has 1 aliphatic rings. The van der Waals surface area contributed by atoms with Gasteiger partial charge in [0.1, 0.15) is 0 Å². The first-order chi connectivity index (χ1) is 7.95. The van der Waals surface area contributed by atoms with E-state index in [9.17, 15) is 18.3 Å². The Morgan fingerprint density at radius 1 is 1.41 bits per heavy atom. The Balaban J connectivity index is 2.46. The first-order valence-corrected chi connectivity index (χ1v) is 5.34. The predicted octanol–water partition coefficient (Wildman–Crippen LogP) is 2.92. The van der Waals surface area contributed by atoms with Crippen LogP contribution in [-0.2, 0) is 11.2 Å². The molecule has 0 heterocycles. The lowest BCUT2D eigenvalue weighted by molar-refractivity contribution is -0.216. The smallest absolute Gasteiger partial charge is 0.388 e. The molecule has 0 spiro atoms. The number of methoxy groups -OCH3 is 1. The summed E-state index contributed by atoms with van der Waals surface area (Å²) in [6.07, 6.45) is -6.07. The van der Waals surface area contributed by atoms with Crippen molar-refractivity contribution in [3.63, 3.8) is 0 Å². The van der Waals surface area contributed by atoms with E-state index in [1.54, 1.807) is 6.07 Å². The fraction of sp³-hybridized carbons (Fsp3) is 0.500. The van der Waals surface area contributed by atoms with Gasteiger partial charge in [-0.15, -0.1) is 0 Å². The van der Waals surface area contributed by atoms with Crippen molar-refractivity contribution in [1.29, 1.82) is 0 Å². The zero-order valence-corrected chi connectivity index (χ0v) is 9.29. The van der Waals surface area contributed by atoms with Gasteiger partial charge in [-0.3, -0.25) is 0 Å². The van der Waals surface area contributed by atoms with Crippen LogP contribution in [0.15, 0.2) is 18.2 Å². The Hall–Kier alpha value is -1.07. The molecule has 1 aliphatic carbocycles. The van der Waals surface area contributed by atoms with Crippen LogP contribution in [0.3, 0.4) is 0 Å². The number of fused-ring (bicyclic) bond motifs is 1. The number of alkyl halides is 3. The molecule has 0 saturated carbocycles. The van der Waals surface area contributed by atoms with Crippen LogP contribution in [0.2, 0.25) is 0 Å². The molecule has 0 saturated heterocycles. The minimum atomic E-state index is -4.43. The van der Waals surface area contributed by atoms with Crippen LogP contribution in [0, 0.1) is 0 Å². The normalized spacial score (nSPS) is 21.4. The summed E-state index contributed by atoms with van der Waals surface area (Å²) in [7, 11) is 1.04. The Morgan fingerprint density at radius 2 is 2.12 bits per heavy atom. The van der Waals surface area contributed by atoms with Crippen molar-refractivity contribution < 1.29 is 23.0 Å². The molecule has 2 nitrogen and oxygen atoms in total. The fourth-order valence-corrected chi connectivity index (χ4v) is 2.34. The molecule has 0 radical (unpaired) electrons. The number of halogens is 3. The fourth-order valence-electron chi connectivity index (χ4n) is 2.34. The quantitative estimate of drug-likeness (QED) is 0.869. The van der Waals surface area contributed by atoms with Gasteiger partial charge in [0.05, 0.1) is 6.10 Å². The lowest BCUT2D eigenvalue weighted by Gasteiger charge is -2.21. The Morgan fingerprint density at radius 3 is 2.71 bits per heavy atom. The number of aliphatic hydroxyl groups is 1. The maximum absolute atomic E-state index is 12.8. The van der Waals surface area contributed by atoms with Gasteiger partial charge in [0.15, 0.2) is 6.10 Å². The van der Waals surface area contributed by atoms with Gasteiger partial charge in [0.25, 0.3) is 0 Å². The van der Waals surface area contributed by atoms with Gasteiger partial charge >= 0.3 is 6.18 Å². The molecule has 2 rings (SSSR count). The Kier molecular flexibility index (Phi) is 3.14. The van der Waals surface area contributed by atoms with Crippen LogP contribution in [0.1, 0.15) is 35.3 Å². The second-order valence-corrected chi connectivity index (χ2v) is 4.13. The maximum atomic E-state index is 12.8. The maximum Gasteiger partial charge on any atom is 0.418 e. The number of hydrogen-bond donors (Lipinski definition) is 1. The summed E-state index contributed by atoms with van der Waals surface area (Å²) >= 11 is 0. The van der Waals surface area contributed by atoms with Gasteiger partial charge in [-0.05, 0) is 29.5 Å². The van der Waals surface area contributed by atoms with Crippen molar-refractivity contribution in [2.24, 2.45) is 0 Å². The number of benzene rings is 1. The minimum Gasteiger partial charge on any atom is -0.388 e. The highest BCUT2D eigenvalue weighted by Crippen LogP contribution is 2.41. The Bertz CT molecular complexity index is 415. The molecular formula is C12H13F3O2. The molecule has 5 heteroatoms. The van der Waals surface area contributed by atoms with Gasteiger partial charge < -0.3 is 9.84 Å². The molecule has 2 unspecified atom stereocenters. The van der Waals surface area contributed by atoms with Crippen molar-refractivity contribution in [1.82, 2.24) is 0 Å². The summed E-state index contributed by atoms with van der Waals surface area (Å²) in [6, 6.07) is 4.61. The third kappa shape index (κ3) is 2.17. The van der Waals surface area contributed by atoms with Crippen molar-refractivity contribution in [3.05, 3.63) is 34.9 Å². The van der Waals surface area contributed by atoms with Crippen molar-refractivity contribution in [3.8, 4) is 0 Å². The van der Waals surface area contributed by atoms with E-state index in [4.69, 9.17) is 0 Å². The molecule has 0 bridgehead atoms. The van der Waals surface area contributed by atoms with Crippen LogP contribution in [0.25, 0.3) is 0 Å². The van der Waals surface area contributed by atoms with E-state index in [1.165, 1.54) is 12.1 Å². The van der Waals surface area contributed by atoms with Crippen LogP contribution in [0.5, 0.6) is 0 Å². The number of ether oxygens (including phenoxy) is 1. The van der Waals surface area contributed by atoms with Crippen LogP contribution >= 0.6 is 0 Å². The zero-order valence-electron chi connectivity index (χ0n) is 9.29. The van der Waals surface area contributed by atoms with Crippen LogP contribution < -0.4 is 0 Å². The Labute approximate surface area is 97.0 Å². The van der Waals surface area contributed by atoms with Crippen molar-refractivity contribution in [2.75, 3.05) is 7.11 Å². The summed E-state index contributed by atoms with van der Waals surface area (Å²) in [6.45, 7) is 0. The zero-order chi connectivity index (χ0) is 12.6. The molecule has 0 amide bonds. The summed E-state index contributed by atoms with van der Waals surface area (Å²) in [5, 5.41) is 9.64. The van der Waals surface area contributed by atoms with E-state index < -0.39 is 18.4 Å².